The van der Waals surface area contributed by atoms with Gasteiger partial charge < -0.3 is 19.9 Å². The lowest BCUT2D eigenvalue weighted by atomic mass is 10.2. The summed E-state index contributed by atoms with van der Waals surface area (Å²) in [6.45, 7) is -0.294. The first-order valence-electron chi connectivity index (χ1n) is 7.05. The molecular weight excluding hydrogens is 302 g/mol. The predicted molar refractivity (Wildman–Crippen MR) is 82.7 cm³/mol. The van der Waals surface area contributed by atoms with E-state index in [2.05, 4.69) is 10.5 Å². The van der Waals surface area contributed by atoms with E-state index < -0.39 is 5.91 Å². The second kappa shape index (κ2) is 7.48. The fraction of sp³-hybridized carbons (Fsp3) is 0.400. The van der Waals surface area contributed by atoms with Crippen LogP contribution >= 0.6 is 0 Å². The molecular formula is C15H19N3O5. The number of nitrogens with two attached hydrogens (primary N) is 1. The van der Waals surface area contributed by atoms with Crippen molar-refractivity contribution < 1.29 is 23.8 Å². The van der Waals surface area contributed by atoms with Crippen molar-refractivity contribution in [2.75, 3.05) is 20.8 Å². The highest BCUT2D eigenvalue weighted by Crippen LogP contribution is 2.38. The molecule has 1 fully saturated rings. The first-order valence-corrected chi connectivity index (χ1v) is 7.05. The number of rotatable bonds is 8. The van der Waals surface area contributed by atoms with Crippen LogP contribution in [-0.2, 0) is 9.59 Å². The van der Waals surface area contributed by atoms with Gasteiger partial charge in [-0.05, 0) is 25.0 Å². The van der Waals surface area contributed by atoms with Gasteiger partial charge >= 0.3 is 0 Å². The zero-order valence-corrected chi connectivity index (χ0v) is 13.0. The van der Waals surface area contributed by atoms with Gasteiger partial charge in [0.1, 0.15) is 0 Å². The van der Waals surface area contributed by atoms with Crippen molar-refractivity contribution in [3.05, 3.63) is 17.7 Å². The second-order valence-corrected chi connectivity index (χ2v) is 5.02. The number of carbonyl (C=O) groups is 2. The van der Waals surface area contributed by atoms with Gasteiger partial charge in [0, 0.05) is 11.5 Å². The van der Waals surface area contributed by atoms with Gasteiger partial charge in [-0.15, -0.1) is 0 Å². The highest BCUT2D eigenvalue weighted by Gasteiger charge is 2.29. The number of methoxy groups -OCH3 is 2. The minimum atomic E-state index is -0.609. The van der Waals surface area contributed by atoms with Crippen LogP contribution in [0.1, 0.15) is 18.4 Å². The zero-order valence-electron chi connectivity index (χ0n) is 13.0. The number of amides is 2. The van der Waals surface area contributed by atoms with E-state index in [1.54, 1.807) is 12.1 Å². The Labute approximate surface area is 133 Å². The van der Waals surface area contributed by atoms with Crippen LogP contribution < -0.4 is 25.4 Å². The lowest BCUT2D eigenvalue weighted by Crippen LogP contribution is -2.20. The first-order chi connectivity index (χ1) is 11.0. The lowest BCUT2D eigenvalue weighted by Gasteiger charge is -2.14. The third-order valence-electron chi connectivity index (χ3n) is 3.18. The van der Waals surface area contributed by atoms with Gasteiger partial charge in [0.05, 0.1) is 20.4 Å². The Kier molecular flexibility index (Phi) is 5.40. The highest BCUT2D eigenvalue weighted by molar-refractivity contribution is 5.85. The van der Waals surface area contributed by atoms with Crippen LogP contribution in [0.25, 0.3) is 0 Å². The molecule has 8 nitrogen and oxygen atoms in total. The van der Waals surface area contributed by atoms with E-state index in [-0.39, 0.29) is 24.2 Å². The molecule has 0 unspecified atom stereocenters. The summed E-state index contributed by atoms with van der Waals surface area (Å²) in [4.78, 5) is 22.4. The Morgan fingerprint density at radius 2 is 1.91 bits per heavy atom. The van der Waals surface area contributed by atoms with Crippen LogP contribution in [0.5, 0.6) is 17.2 Å². The standard InChI is InChI=1S/C15H19N3O5/c1-21-11-5-9(7-17-18-15(20)10-3-4-10)6-12(22-2)14(11)23-8-13(16)19/h5-7,10H,3-4,8H2,1-2H3,(H2,16,19)(H,18,20)/b17-7-. The molecule has 2 rings (SSSR count). The molecule has 3 N–H and O–H groups in total. The summed E-state index contributed by atoms with van der Waals surface area (Å²) in [5, 5.41) is 3.91. The van der Waals surface area contributed by atoms with Crippen molar-refractivity contribution in [2.45, 2.75) is 12.8 Å². The van der Waals surface area contributed by atoms with Crippen LogP contribution in [0.4, 0.5) is 0 Å². The molecule has 0 aliphatic heterocycles. The maximum Gasteiger partial charge on any atom is 0.255 e. The normalized spacial score (nSPS) is 13.7. The van der Waals surface area contributed by atoms with Crippen LogP contribution in [0.2, 0.25) is 0 Å². The number of primary amides is 1. The van der Waals surface area contributed by atoms with E-state index in [1.165, 1.54) is 20.4 Å². The van der Waals surface area contributed by atoms with E-state index in [0.717, 1.165) is 12.8 Å². The molecule has 1 saturated carbocycles. The molecule has 1 aromatic rings. The number of benzene rings is 1. The summed E-state index contributed by atoms with van der Waals surface area (Å²) in [5.74, 6) is 0.388. The molecule has 1 aromatic carbocycles. The average molecular weight is 321 g/mol. The molecule has 0 saturated heterocycles. The molecule has 0 aromatic heterocycles. The lowest BCUT2D eigenvalue weighted by molar-refractivity contribution is -0.122. The van der Waals surface area contributed by atoms with Crippen molar-refractivity contribution in [1.82, 2.24) is 5.43 Å². The largest absolute Gasteiger partial charge is 0.493 e. The molecule has 1 aliphatic carbocycles. The third-order valence-corrected chi connectivity index (χ3v) is 3.18. The Balaban J connectivity index is 2.15. The quantitative estimate of drug-likeness (QED) is 0.532. The molecule has 0 radical (unpaired) electrons. The fourth-order valence-corrected chi connectivity index (χ4v) is 1.87. The van der Waals surface area contributed by atoms with Gasteiger partial charge in [0.25, 0.3) is 5.91 Å². The average Bonchev–Trinajstić information content (AvgIpc) is 3.37. The predicted octanol–water partition coefficient (Wildman–Crippen LogP) is 0.428. The molecule has 1 aliphatic rings. The monoisotopic (exact) mass is 321 g/mol. The van der Waals surface area contributed by atoms with Gasteiger partial charge in [0.15, 0.2) is 18.1 Å². The second-order valence-electron chi connectivity index (χ2n) is 5.02. The number of ether oxygens (including phenoxy) is 3. The van der Waals surface area contributed by atoms with E-state index >= 15 is 0 Å². The number of hydrazone groups is 1. The molecule has 0 heterocycles. The van der Waals surface area contributed by atoms with Crippen LogP contribution in [-0.4, -0.2) is 38.9 Å². The van der Waals surface area contributed by atoms with Gasteiger partial charge in [-0.2, -0.15) is 5.10 Å². The molecule has 124 valence electrons. The summed E-state index contributed by atoms with van der Waals surface area (Å²) in [5.41, 5.74) is 8.19. The summed E-state index contributed by atoms with van der Waals surface area (Å²) in [6.07, 6.45) is 3.30. The minimum absolute atomic E-state index is 0.0819. The summed E-state index contributed by atoms with van der Waals surface area (Å²) >= 11 is 0. The number of hydrogen-bond donors (Lipinski definition) is 2. The van der Waals surface area contributed by atoms with Gasteiger partial charge in [-0.25, -0.2) is 5.43 Å². The maximum absolute atomic E-state index is 11.5. The molecule has 23 heavy (non-hydrogen) atoms. The van der Waals surface area contributed by atoms with E-state index in [9.17, 15) is 9.59 Å². The number of nitrogens with zero attached hydrogens (tertiary/aromatic N) is 1. The zero-order chi connectivity index (χ0) is 16.8. The van der Waals surface area contributed by atoms with Gasteiger partial charge in [-0.1, -0.05) is 0 Å². The van der Waals surface area contributed by atoms with Crippen LogP contribution in [0.3, 0.4) is 0 Å². The van der Waals surface area contributed by atoms with Crippen molar-refractivity contribution in [2.24, 2.45) is 16.8 Å². The van der Waals surface area contributed by atoms with Crippen molar-refractivity contribution in [3.63, 3.8) is 0 Å². The Bertz CT molecular complexity index is 601. The third kappa shape index (κ3) is 4.60. The fourth-order valence-electron chi connectivity index (χ4n) is 1.87. The molecule has 0 spiro atoms. The van der Waals surface area contributed by atoms with Gasteiger partial charge in [0.2, 0.25) is 11.7 Å². The number of carbonyl (C=O) groups excluding carboxylic acids is 2. The first kappa shape index (κ1) is 16.6. The van der Waals surface area contributed by atoms with Gasteiger partial charge in [-0.3, -0.25) is 9.59 Å². The van der Waals surface area contributed by atoms with Crippen molar-refractivity contribution in [3.8, 4) is 17.2 Å². The number of hydrogen-bond acceptors (Lipinski definition) is 6. The van der Waals surface area contributed by atoms with Crippen molar-refractivity contribution >= 4 is 18.0 Å². The van der Waals surface area contributed by atoms with Crippen molar-refractivity contribution in [1.29, 1.82) is 0 Å². The summed E-state index contributed by atoms with van der Waals surface area (Å²) < 4.78 is 15.8. The summed E-state index contributed by atoms with van der Waals surface area (Å²) in [7, 11) is 2.92. The number of nitrogens with one attached hydrogen (secondary N) is 1. The van der Waals surface area contributed by atoms with Crippen LogP contribution in [0.15, 0.2) is 17.2 Å². The highest BCUT2D eigenvalue weighted by atomic mass is 16.5. The van der Waals surface area contributed by atoms with E-state index in [1.807, 2.05) is 0 Å². The molecule has 0 atom stereocenters. The minimum Gasteiger partial charge on any atom is -0.493 e. The summed E-state index contributed by atoms with van der Waals surface area (Å²) in [6, 6.07) is 3.29. The SMILES string of the molecule is COc1cc(/C=N\NC(=O)C2CC2)cc(OC)c1OCC(N)=O. The van der Waals surface area contributed by atoms with E-state index in [0.29, 0.717) is 17.1 Å². The Hall–Kier alpha value is -2.77. The maximum atomic E-state index is 11.5. The molecule has 2 amide bonds. The van der Waals surface area contributed by atoms with Crippen LogP contribution in [0, 0.1) is 5.92 Å². The molecule has 8 heteroatoms. The topological polar surface area (TPSA) is 112 Å². The Morgan fingerprint density at radius 3 is 2.39 bits per heavy atom. The molecule has 0 bridgehead atoms. The Morgan fingerprint density at radius 1 is 1.30 bits per heavy atom. The smallest absolute Gasteiger partial charge is 0.255 e. The van der Waals surface area contributed by atoms with E-state index in [4.69, 9.17) is 19.9 Å².